The Morgan fingerprint density at radius 3 is 2.52 bits per heavy atom. The number of ether oxygens (including phenoxy) is 1. The largest absolute Gasteiger partial charge is 0.448 e. The van der Waals surface area contributed by atoms with Gasteiger partial charge in [-0.1, -0.05) is 48.5 Å². The number of aromatic amines is 1. The fraction of sp³-hybridized carbons (Fsp3) is 0.318. The van der Waals surface area contributed by atoms with Gasteiger partial charge < -0.3 is 14.7 Å². The topological polar surface area (TPSA) is 91.3 Å². The fourth-order valence-electron chi connectivity index (χ4n) is 4.51. The molecule has 3 aromatic rings. The first-order valence-corrected chi connectivity index (χ1v) is 9.84. The van der Waals surface area contributed by atoms with Crippen LogP contribution in [0.4, 0.5) is 4.79 Å². The van der Waals surface area contributed by atoms with Gasteiger partial charge in [0.1, 0.15) is 17.9 Å². The van der Waals surface area contributed by atoms with Crippen molar-refractivity contribution in [3.05, 3.63) is 71.5 Å². The van der Waals surface area contributed by atoms with Crippen molar-refractivity contribution in [1.29, 1.82) is 0 Å². The van der Waals surface area contributed by atoms with Gasteiger partial charge in [-0.2, -0.15) is 15.4 Å². The fourth-order valence-corrected chi connectivity index (χ4v) is 4.51. The highest BCUT2D eigenvalue weighted by Gasteiger charge is 2.39. The number of carbonyl (C=O) groups is 1. The van der Waals surface area contributed by atoms with Crippen molar-refractivity contribution in [2.24, 2.45) is 0 Å². The maximum absolute atomic E-state index is 12.8. The van der Waals surface area contributed by atoms with E-state index in [1.807, 2.05) is 24.3 Å². The van der Waals surface area contributed by atoms with E-state index in [-0.39, 0.29) is 19.1 Å². The molecule has 7 heteroatoms. The molecule has 2 heterocycles. The number of amides is 1. The number of nitrogens with zero attached hydrogens (tertiary/aromatic N) is 3. The number of aromatic nitrogens is 3. The molecule has 148 valence electrons. The molecule has 1 fully saturated rings. The first-order valence-electron chi connectivity index (χ1n) is 9.84. The quantitative estimate of drug-likeness (QED) is 0.717. The van der Waals surface area contributed by atoms with Crippen molar-refractivity contribution in [2.75, 3.05) is 19.7 Å². The molecule has 1 aromatic heterocycles. The number of H-pyrrole nitrogens is 1. The van der Waals surface area contributed by atoms with E-state index < -0.39 is 11.7 Å². The molecule has 1 aliphatic heterocycles. The van der Waals surface area contributed by atoms with Crippen molar-refractivity contribution < 1.29 is 14.6 Å². The molecular weight excluding hydrogens is 368 g/mol. The monoisotopic (exact) mass is 390 g/mol. The third-order valence-electron chi connectivity index (χ3n) is 5.96. The lowest BCUT2D eigenvalue weighted by Gasteiger charge is -2.37. The second kappa shape index (κ2) is 7.00. The van der Waals surface area contributed by atoms with E-state index in [1.54, 1.807) is 4.90 Å². The van der Waals surface area contributed by atoms with Crippen LogP contribution in [0.5, 0.6) is 0 Å². The summed E-state index contributed by atoms with van der Waals surface area (Å²) in [6.07, 6.45) is 2.30. The second-order valence-corrected chi connectivity index (χ2v) is 7.72. The summed E-state index contributed by atoms with van der Waals surface area (Å²) in [6.45, 7) is 0.971. The molecule has 5 rings (SSSR count). The van der Waals surface area contributed by atoms with Gasteiger partial charge in [0.2, 0.25) is 0 Å². The van der Waals surface area contributed by atoms with Crippen molar-refractivity contribution in [2.45, 2.75) is 24.4 Å². The summed E-state index contributed by atoms with van der Waals surface area (Å²) >= 11 is 0. The van der Waals surface area contributed by atoms with Crippen molar-refractivity contribution in [3.63, 3.8) is 0 Å². The summed E-state index contributed by atoms with van der Waals surface area (Å²) in [4.78, 5) is 14.3. The molecule has 7 nitrogen and oxygen atoms in total. The van der Waals surface area contributed by atoms with E-state index in [4.69, 9.17) is 4.74 Å². The van der Waals surface area contributed by atoms with Crippen molar-refractivity contribution >= 4 is 6.09 Å². The molecule has 0 spiro atoms. The SMILES string of the molecule is O=C(OCC1c2ccccc2-c2ccccc21)N1CCCC(O)(c2cn[nH]n2)C1. The zero-order valence-electron chi connectivity index (χ0n) is 15.9. The second-order valence-electron chi connectivity index (χ2n) is 7.72. The van der Waals surface area contributed by atoms with Gasteiger partial charge in [0.25, 0.3) is 0 Å². The Bertz CT molecular complexity index is 991. The van der Waals surface area contributed by atoms with Gasteiger partial charge in [-0.05, 0) is 35.1 Å². The molecule has 0 saturated carbocycles. The highest BCUT2D eigenvalue weighted by atomic mass is 16.6. The number of benzene rings is 2. The third-order valence-corrected chi connectivity index (χ3v) is 5.96. The van der Waals surface area contributed by atoms with E-state index in [2.05, 4.69) is 39.7 Å². The highest BCUT2D eigenvalue weighted by molar-refractivity contribution is 5.79. The summed E-state index contributed by atoms with van der Waals surface area (Å²) < 4.78 is 5.72. The minimum atomic E-state index is -1.20. The molecule has 2 N–H and O–H groups in total. The minimum Gasteiger partial charge on any atom is -0.448 e. The van der Waals surface area contributed by atoms with E-state index in [9.17, 15) is 9.90 Å². The maximum Gasteiger partial charge on any atom is 0.409 e. The zero-order chi connectivity index (χ0) is 19.8. The normalized spacial score (nSPS) is 20.9. The first kappa shape index (κ1) is 17.9. The molecule has 1 atom stereocenters. The Balaban J connectivity index is 1.31. The Labute approximate surface area is 168 Å². The van der Waals surface area contributed by atoms with Crippen LogP contribution in [-0.4, -0.2) is 51.2 Å². The van der Waals surface area contributed by atoms with Crippen LogP contribution >= 0.6 is 0 Å². The Morgan fingerprint density at radius 2 is 1.86 bits per heavy atom. The van der Waals surface area contributed by atoms with E-state index in [0.29, 0.717) is 25.1 Å². The summed E-state index contributed by atoms with van der Waals surface area (Å²) in [5.74, 6) is 0.0190. The number of likely N-dealkylation sites (tertiary alicyclic amines) is 1. The summed E-state index contributed by atoms with van der Waals surface area (Å²) in [7, 11) is 0. The summed E-state index contributed by atoms with van der Waals surface area (Å²) in [6, 6.07) is 16.5. The Morgan fingerprint density at radius 1 is 1.17 bits per heavy atom. The number of fused-ring (bicyclic) bond motifs is 3. The lowest BCUT2D eigenvalue weighted by molar-refractivity contribution is -0.0372. The van der Waals surface area contributed by atoms with E-state index in [1.165, 1.54) is 28.5 Å². The van der Waals surface area contributed by atoms with E-state index >= 15 is 0 Å². The Hall–Kier alpha value is -3.19. The smallest absolute Gasteiger partial charge is 0.409 e. The van der Waals surface area contributed by atoms with Crippen LogP contribution in [0.15, 0.2) is 54.7 Å². The summed E-state index contributed by atoms with van der Waals surface area (Å²) in [5.41, 5.74) is 4.01. The molecule has 2 aromatic carbocycles. The molecule has 29 heavy (non-hydrogen) atoms. The molecule has 1 saturated heterocycles. The maximum atomic E-state index is 12.8. The Kier molecular flexibility index (Phi) is 4.32. The zero-order valence-corrected chi connectivity index (χ0v) is 15.9. The van der Waals surface area contributed by atoms with Crippen LogP contribution in [0, 0.1) is 0 Å². The van der Waals surface area contributed by atoms with Crippen molar-refractivity contribution in [1.82, 2.24) is 20.3 Å². The lowest BCUT2D eigenvalue weighted by atomic mass is 9.90. The average Bonchev–Trinajstić information content (AvgIpc) is 3.40. The number of hydrogen-bond acceptors (Lipinski definition) is 5. The number of hydrogen-bond donors (Lipinski definition) is 2. The van der Waals surface area contributed by atoms with Gasteiger partial charge >= 0.3 is 6.09 Å². The number of β-amino-alcohol motifs (C(OH)–C–C–N with tert-alkyl or cyclic N) is 1. The molecular formula is C22H22N4O3. The number of aliphatic hydroxyl groups is 1. The van der Waals surface area contributed by atoms with E-state index in [0.717, 1.165) is 0 Å². The first-order chi connectivity index (χ1) is 14.2. The van der Waals surface area contributed by atoms with Gasteiger partial charge in [0, 0.05) is 12.5 Å². The standard InChI is InChI=1S/C22H22N4O3/c27-21(26-11-5-10-22(28,14-26)20-12-23-25-24-20)29-13-19-17-8-3-1-6-15(17)16-7-2-4-9-18(16)19/h1-4,6-9,12,19,28H,5,10-11,13-14H2,(H,23,24,25). The van der Waals surface area contributed by atoms with Gasteiger partial charge in [0.15, 0.2) is 0 Å². The molecule has 1 aliphatic carbocycles. The van der Waals surface area contributed by atoms with Gasteiger partial charge in [0.05, 0.1) is 12.7 Å². The molecule has 0 bridgehead atoms. The molecule has 1 amide bonds. The van der Waals surface area contributed by atoms with Crippen LogP contribution in [-0.2, 0) is 10.3 Å². The summed E-state index contributed by atoms with van der Waals surface area (Å²) in [5, 5.41) is 21.2. The van der Waals surface area contributed by atoms with Gasteiger partial charge in [-0.25, -0.2) is 4.79 Å². The van der Waals surface area contributed by atoms with Crippen molar-refractivity contribution in [3.8, 4) is 11.1 Å². The molecule has 1 unspecified atom stereocenters. The van der Waals surface area contributed by atoms with Crippen LogP contribution in [0.1, 0.15) is 35.6 Å². The number of piperidine rings is 1. The number of carbonyl (C=O) groups excluding carboxylic acids is 1. The van der Waals surface area contributed by atoms with Gasteiger partial charge in [-0.15, -0.1) is 0 Å². The average molecular weight is 390 g/mol. The number of rotatable bonds is 3. The third kappa shape index (κ3) is 3.07. The molecule has 2 aliphatic rings. The lowest BCUT2D eigenvalue weighted by Crippen LogP contribution is -2.49. The van der Waals surface area contributed by atoms with Crippen LogP contribution in [0.2, 0.25) is 0 Å². The van der Waals surface area contributed by atoms with Crippen LogP contribution in [0.25, 0.3) is 11.1 Å². The molecule has 0 radical (unpaired) electrons. The minimum absolute atomic E-state index is 0.0190. The highest BCUT2D eigenvalue weighted by Crippen LogP contribution is 2.44. The predicted molar refractivity (Wildman–Crippen MR) is 106 cm³/mol. The predicted octanol–water partition coefficient (Wildman–Crippen LogP) is 3.04. The number of nitrogens with one attached hydrogen (secondary N) is 1. The van der Waals surface area contributed by atoms with Gasteiger partial charge in [-0.3, -0.25) is 0 Å². The van der Waals surface area contributed by atoms with Crippen LogP contribution in [0.3, 0.4) is 0 Å². The van der Waals surface area contributed by atoms with Crippen LogP contribution < -0.4 is 0 Å².